The van der Waals surface area contributed by atoms with E-state index in [0.717, 1.165) is 41.1 Å². The summed E-state index contributed by atoms with van der Waals surface area (Å²) in [5, 5.41) is 13.2. The number of hydrogen-bond acceptors (Lipinski definition) is 7. The third-order valence-electron chi connectivity index (χ3n) is 7.79. The number of carbonyl (C=O) groups is 1. The summed E-state index contributed by atoms with van der Waals surface area (Å²) in [5.41, 5.74) is 1.34. The molecule has 228 valence electrons. The maximum absolute atomic E-state index is 15.2. The second-order valence-electron chi connectivity index (χ2n) is 11.7. The molecule has 2 aromatic heterocycles. The summed E-state index contributed by atoms with van der Waals surface area (Å²) in [6.45, 7) is 5.68. The number of halogens is 2. The Labute approximate surface area is 249 Å². The zero-order valence-electron chi connectivity index (χ0n) is 24.9. The molecule has 1 saturated carbocycles. The number of oxazole rings is 1. The Bertz CT molecular complexity index is 1590. The number of aliphatic hydroxyl groups is 1. The fraction of sp³-hybridized carbons (Fsp3) is 0.424. The van der Waals surface area contributed by atoms with Crippen molar-refractivity contribution in [1.82, 2.24) is 15.3 Å². The first kappa shape index (κ1) is 30.6. The van der Waals surface area contributed by atoms with Crippen LogP contribution in [0.2, 0.25) is 0 Å². The van der Waals surface area contributed by atoms with Crippen LogP contribution in [-0.4, -0.2) is 41.7 Å². The zero-order valence-corrected chi connectivity index (χ0v) is 24.9. The largest absolute Gasteiger partial charge is 0.494 e. The van der Waals surface area contributed by atoms with Crippen molar-refractivity contribution in [2.75, 3.05) is 20.3 Å². The van der Waals surface area contributed by atoms with E-state index in [4.69, 9.17) is 13.9 Å². The van der Waals surface area contributed by atoms with E-state index in [1.54, 1.807) is 7.11 Å². The number of pyridine rings is 1. The number of aromatic nitrogens is 2. The third-order valence-corrected chi connectivity index (χ3v) is 7.79. The molecule has 2 aromatic carbocycles. The van der Waals surface area contributed by atoms with E-state index in [2.05, 4.69) is 15.3 Å². The Morgan fingerprint density at radius 2 is 1.88 bits per heavy atom. The number of nitrogens with zero attached hydrogens (tertiary/aromatic N) is 2. The van der Waals surface area contributed by atoms with E-state index < -0.39 is 22.8 Å². The second kappa shape index (κ2) is 12.4. The number of nitrogens with one attached hydrogen (secondary N) is 1. The number of benzene rings is 2. The van der Waals surface area contributed by atoms with Crippen LogP contribution in [0.1, 0.15) is 74.6 Å². The van der Waals surface area contributed by atoms with Gasteiger partial charge in [0.25, 0.3) is 0 Å². The highest BCUT2D eigenvalue weighted by Gasteiger charge is 2.39. The van der Waals surface area contributed by atoms with Gasteiger partial charge >= 0.3 is 0 Å². The summed E-state index contributed by atoms with van der Waals surface area (Å²) in [7, 11) is 1.67. The Morgan fingerprint density at radius 3 is 2.49 bits per heavy atom. The van der Waals surface area contributed by atoms with Gasteiger partial charge in [0, 0.05) is 23.7 Å². The maximum Gasteiger partial charge on any atom is 0.207 e. The van der Waals surface area contributed by atoms with Crippen LogP contribution in [0.4, 0.5) is 8.78 Å². The SMILES string of the molecule is CC(C)(O)c1cc(C2(CNC=O)CCCCO2)nc(-c2ccc(F)cc2)c1F.COc1cc(C)cc2oc(C3CC3)nc12. The first-order valence-electron chi connectivity index (χ1n) is 14.5. The number of carbonyl (C=O) groups excluding carboxylic acids is 1. The van der Waals surface area contributed by atoms with Gasteiger partial charge in [-0.05, 0) is 101 Å². The molecule has 0 spiro atoms. The Morgan fingerprint density at radius 1 is 1.14 bits per heavy atom. The minimum atomic E-state index is -1.47. The monoisotopic (exact) mass is 593 g/mol. The molecule has 1 aliphatic heterocycles. The van der Waals surface area contributed by atoms with E-state index in [-0.39, 0.29) is 17.8 Å². The molecule has 1 amide bonds. The number of aryl methyl sites for hydroxylation is 1. The van der Waals surface area contributed by atoms with Crippen molar-refractivity contribution in [1.29, 1.82) is 0 Å². The molecule has 2 aliphatic rings. The fourth-order valence-corrected chi connectivity index (χ4v) is 5.31. The normalized spacial score (nSPS) is 18.6. The molecule has 0 radical (unpaired) electrons. The number of methoxy groups -OCH3 is 1. The van der Waals surface area contributed by atoms with Gasteiger partial charge in [-0.25, -0.2) is 18.7 Å². The molecule has 4 aromatic rings. The molecule has 1 unspecified atom stereocenters. The minimum Gasteiger partial charge on any atom is -0.494 e. The van der Waals surface area contributed by atoms with Crippen LogP contribution in [-0.2, 0) is 20.7 Å². The topological polar surface area (TPSA) is 107 Å². The maximum atomic E-state index is 15.2. The van der Waals surface area contributed by atoms with E-state index in [9.17, 15) is 14.3 Å². The highest BCUT2D eigenvalue weighted by molar-refractivity contribution is 5.80. The predicted molar refractivity (Wildman–Crippen MR) is 158 cm³/mol. The summed E-state index contributed by atoms with van der Waals surface area (Å²) < 4.78 is 45.6. The van der Waals surface area contributed by atoms with Crippen LogP contribution in [0.5, 0.6) is 5.75 Å². The zero-order chi connectivity index (χ0) is 30.8. The highest BCUT2D eigenvalue weighted by atomic mass is 19.1. The Hall–Kier alpha value is -3.89. The van der Waals surface area contributed by atoms with Crippen LogP contribution < -0.4 is 10.1 Å². The van der Waals surface area contributed by atoms with Crippen molar-refractivity contribution in [2.24, 2.45) is 0 Å². The first-order valence-corrected chi connectivity index (χ1v) is 14.5. The van der Waals surface area contributed by atoms with Gasteiger partial charge < -0.3 is 24.3 Å². The van der Waals surface area contributed by atoms with Crippen LogP contribution in [0.3, 0.4) is 0 Å². The first-order chi connectivity index (χ1) is 20.5. The average molecular weight is 594 g/mol. The fourth-order valence-electron chi connectivity index (χ4n) is 5.31. The summed E-state index contributed by atoms with van der Waals surface area (Å²) in [6, 6.07) is 10.8. The molecule has 1 atom stereocenters. The van der Waals surface area contributed by atoms with Gasteiger partial charge in [0.2, 0.25) is 6.41 Å². The predicted octanol–water partition coefficient (Wildman–Crippen LogP) is 6.42. The summed E-state index contributed by atoms with van der Waals surface area (Å²) in [5.74, 6) is 1.11. The van der Waals surface area contributed by atoms with E-state index >= 15 is 4.39 Å². The molecule has 1 aliphatic carbocycles. The van der Waals surface area contributed by atoms with Gasteiger partial charge in [-0.2, -0.15) is 0 Å². The van der Waals surface area contributed by atoms with E-state index in [1.165, 1.54) is 57.0 Å². The van der Waals surface area contributed by atoms with Crippen molar-refractivity contribution in [3.63, 3.8) is 0 Å². The second-order valence-corrected chi connectivity index (χ2v) is 11.7. The third kappa shape index (κ3) is 6.70. The molecular weight excluding hydrogens is 556 g/mol. The van der Waals surface area contributed by atoms with Crippen molar-refractivity contribution >= 4 is 17.5 Å². The molecule has 0 bridgehead atoms. The quantitative estimate of drug-likeness (QED) is 0.227. The van der Waals surface area contributed by atoms with Gasteiger partial charge in [-0.1, -0.05) is 0 Å². The number of hydrogen-bond donors (Lipinski definition) is 2. The van der Waals surface area contributed by atoms with Crippen LogP contribution in [0, 0.1) is 18.6 Å². The number of rotatable bonds is 8. The Kier molecular flexibility index (Phi) is 8.80. The van der Waals surface area contributed by atoms with Gasteiger partial charge in [-0.15, -0.1) is 0 Å². The molecule has 10 heteroatoms. The minimum absolute atomic E-state index is 0.00859. The number of ether oxygens (including phenoxy) is 2. The van der Waals surface area contributed by atoms with E-state index in [0.29, 0.717) is 36.6 Å². The van der Waals surface area contributed by atoms with E-state index in [1.807, 2.05) is 19.1 Å². The van der Waals surface area contributed by atoms with Crippen molar-refractivity contribution in [3.05, 3.63) is 76.8 Å². The van der Waals surface area contributed by atoms with Crippen molar-refractivity contribution < 1.29 is 32.6 Å². The molecule has 2 fully saturated rings. The lowest BCUT2D eigenvalue weighted by atomic mass is 9.86. The average Bonchev–Trinajstić information content (AvgIpc) is 3.75. The summed E-state index contributed by atoms with van der Waals surface area (Å²) >= 11 is 0. The van der Waals surface area contributed by atoms with Crippen LogP contribution in [0.25, 0.3) is 22.4 Å². The van der Waals surface area contributed by atoms with Gasteiger partial charge in [-0.3, -0.25) is 4.79 Å². The van der Waals surface area contributed by atoms with Crippen LogP contribution >= 0.6 is 0 Å². The van der Waals surface area contributed by atoms with Crippen molar-refractivity contribution in [3.8, 4) is 17.0 Å². The molecule has 43 heavy (non-hydrogen) atoms. The molecular formula is C33H37F2N3O5. The summed E-state index contributed by atoms with van der Waals surface area (Å²) in [6.07, 6.45) is 5.33. The smallest absolute Gasteiger partial charge is 0.207 e. The lowest BCUT2D eigenvalue weighted by molar-refractivity contribution is -0.115. The van der Waals surface area contributed by atoms with Crippen molar-refractivity contribution in [2.45, 2.75) is 70.0 Å². The molecule has 3 heterocycles. The Balaban J connectivity index is 0.000000204. The molecule has 6 rings (SSSR count). The van der Waals surface area contributed by atoms with Crippen LogP contribution in [0.15, 0.2) is 46.9 Å². The van der Waals surface area contributed by atoms with Gasteiger partial charge in [0.15, 0.2) is 22.8 Å². The molecule has 8 nitrogen and oxygen atoms in total. The number of fused-ring (bicyclic) bond motifs is 1. The lowest BCUT2D eigenvalue weighted by Crippen LogP contribution is -2.43. The molecule has 1 saturated heterocycles. The highest BCUT2D eigenvalue weighted by Crippen LogP contribution is 2.42. The molecule has 2 N–H and O–H groups in total. The number of amides is 1. The summed E-state index contributed by atoms with van der Waals surface area (Å²) in [4.78, 5) is 19.9. The van der Waals surface area contributed by atoms with Gasteiger partial charge in [0.05, 0.1) is 24.9 Å². The standard InChI is InChI=1S/C21H24F2N2O3.C12H13NO2/c1-20(2,27)16-11-17(21(12-24-13-26)9-3-4-10-28-21)25-19(18(16)23)14-5-7-15(22)8-6-14;1-7-5-9(14-2)11-10(6-7)15-12(13-11)8-3-4-8/h5-8,11,13,27H,3-4,9-10,12H2,1-2H3,(H,24,26);5-6,8H,3-4H2,1-2H3. The van der Waals surface area contributed by atoms with Gasteiger partial charge in [0.1, 0.15) is 22.9 Å². The lowest BCUT2D eigenvalue weighted by Gasteiger charge is -2.37.